The maximum absolute atomic E-state index is 5.97. The van der Waals surface area contributed by atoms with E-state index in [4.69, 9.17) is 18.9 Å². The highest BCUT2D eigenvalue weighted by atomic mass is 16.7. The van der Waals surface area contributed by atoms with Crippen molar-refractivity contribution < 1.29 is 18.9 Å². The van der Waals surface area contributed by atoms with Crippen molar-refractivity contribution in [2.24, 2.45) is 11.8 Å². The van der Waals surface area contributed by atoms with Gasteiger partial charge in [0.05, 0.1) is 26.4 Å². The number of hydrogen-bond acceptors (Lipinski definition) is 5. The molecule has 0 amide bonds. The smallest absolute Gasteiger partial charge is 0.185 e. The van der Waals surface area contributed by atoms with E-state index in [9.17, 15) is 0 Å². The third kappa shape index (κ3) is 7.63. The van der Waals surface area contributed by atoms with Crippen LogP contribution < -0.4 is 0 Å². The van der Waals surface area contributed by atoms with Crippen LogP contribution in [0.15, 0.2) is 18.3 Å². The van der Waals surface area contributed by atoms with Gasteiger partial charge in [0.2, 0.25) is 0 Å². The molecule has 0 saturated carbocycles. The molecule has 2 saturated heterocycles. The lowest BCUT2D eigenvalue weighted by atomic mass is 10.0. The second-order valence-corrected chi connectivity index (χ2v) is 8.59. The van der Waals surface area contributed by atoms with Gasteiger partial charge >= 0.3 is 0 Å². The van der Waals surface area contributed by atoms with Crippen molar-refractivity contribution in [2.45, 2.75) is 84.2 Å². The van der Waals surface area contributed by atoms with Crippen LogP contribution in [0.4, 0.5) is 0 Å². The summed E-state index contributed by atoms with van der Waals surface area (Å²) in [6.07, 6.45) is 11.9. The van der Waals surface area contributed by atoms with Crippen molar-refractivity contribution in [2.75, 3.05) is 26.4 Å². The van der Waals surface area contributed by atoms with Gasteiger partial charge < -0.3 is 18.9 Å². The zero-order valence-electron chi connectivity index (χ0n) is 18.3. The molecule has 0 spiro atoms. The van der Waals surface area contributed by atoms with E-state index in [-0.39, 0.29) is 12.6 Å². The zero-order chi connectivity index (χ0) is 20.3. The quantitative estimate of drug-likeness (QED) is 0.459. The number of ether oxygens (including phenoxy) is 4. The van der Waals surface area contributed by atoms with E-state index in [2.05, 4.69) is 31.0 Å². The summed E-state index contributed by atoms with van der Waals surface area (Å²) in [5.74, 6) is 0.970. The molecule has 0 unspecified atom stereocenters. The van der Waals surface area contributed by atoms with E-state index in [0.29, 0.717) is 11.8 Å². The minimum Gasteiger partial charge on any atom is -0.352 e. The lowest BCUT2D eigenvalue weighted by Crippen LogP contribution is -2.33. The van der Waals surface area contributed by atoms with Crippen molar-refractivity contribution >= 4 is 0 Å². The second-order valence-electron chi connectivity index (χ2n) is 8.59. The molecule has 2 aliphatic rings. The number of aromatic nitrogens is 1. The molecule has 2 aliphatic heterocycles. The Kier molecular flexibility index (Phi) is 9.87. The first-order valence-corrected chi connectivity index (χ1v) is 11.7. The minimum atomic E-state index is -0.287. The molecule has 5 heteroatoms. The Labute approximate surface area is 176 Å². The largest absolute Gasteiger partial charge is 0.352 e. The average molecular weight is 406 g/mol. The van der Waals surface area contributed by atoms with Crippen molar-refractivity contribution in [3.63, 3.8) is 0 Å². The van der Waals surface area contributed by atoms with Gasteiger partial charge in [0.15, 0.2) is 12.6 Å². The van der Waals surface area contributed by atoms with E-state index < -0.39 is 0 Å². The Morgan fingerprint density at radius 3 is 2.14 bits per heavy atom. The second kappa shape index (κ2) is 12.6. The fourth-order valence-corrected chi connectivity index (χ4v) is 3.96. The fourth-order valence-electron chi connectivity index (χ4n) is 3.96. The topological polar surface area (TPSA) is 49.8 Å². The summed E-state index contributed by atoms with van der Waals surface area (Å²) in [6.45, 7) is 7.56. The van der Waals surface area contributed by atoms with Crippen molar-refractivity contribution in [3.8, 4) is 0 Å². The standard InChI is InChI=1S/C24H39NO4/c1-3-5-7-9-22-12-11-21(14-25-22)24-28-17-20(18-29-24)10-13-23-26-15-19(16-27-23)8-6-4-2/h11-12,14,19-20,23-24H,3-10,13,15-18H2,1-2H3. The van der Waals surface area contributed by atoms with Crippen LogP contribution in [0.3, 0.4) is 0 Å². The van der Waals surface area contributed by atoms with E-state index in [0.717, 1.165) is 56.9 Å². The molecule has 5 nitrogen and oxygen atoms in total. The van der Waals surface area contributed by atoms with Crippen LogP contribution in [0.2, 0.25) is 0 Å². The lowest BCUT2D eigenvalue weighted by molar-refractivity contribution is -0.220. The van der Waals surface area contributed by atoms with Crippen LogP contribution in [0.25, 0.3) is 0 Å². The summed E-state index contributed by atoms with van der Waals surface area (Å²) in [5, 5.41) is 0. The van der Waals surface area contributed by atoms with E-state index in [1.54, 1.807) is 0 Å². The zero-order valence-corrected chi connectivity index (χ0v) is 18.3. The molecule has 0 atom stereocenters. The minimum absolute atomic E-state index is 0.0601. The van der Waals surface area contributed by atoms with Crippen LogP contribution in [0, 0.1) is 11.8 Å². The predicted molar refractivity (Wildman–Crippen MR) is 114 cm³/mol. The van der Waals surface area contributed by atoms with Gasteiger partial charge in [0, 0.05) is 29.3 Å². The predicted octanol–water partition coefficient (Wildman–Crippen LogP) is 5.44. The summed E-state index contributed by atoms with van der Waals surface area (Å²) in [6, 6.07) is 4.20. The highest BCUT2D eigenvalue weighted by Gasteiger charge is 2.27. The monoisotopic (exact) mass is 405 g/mol. The molecule has 3 heterocycles. The van der Waals surface area contributed by atoms with Gasteiger partial charge in [-0.25, -0.2) is 0 Å². The summed E-state index contributed by atoms with van der Waals surface area (Å²) in [4.78, 5) is 4.57. The molecule has 0 N–H and O–H groups in total. The summed E-state index contributed by atoms with van der Waals surface area (Å²) in [7, 11) is 0. The first-order chi connectivity index (χ1) is 14.3. The molecule has 2 fully saturated rings. The molecule has 164 valence electrons. The van der Waals surface area contributed by atoms with Crippen LogP contribution in [0.5, 0.6) is 0 Å². The van der Waals surface area contributed by atoms with Crippen LogP contribution in [-0.4, -0.2) is 37.7 Å². The Morgan fingerprint density at radius 2 is 1.48 bits per heavy atom. The van der Waals surface area contributed by atoms with E-state index >= 15 is 0 Å². The first kappa shape index (κ1) is 22.7. The van der Waals surface area contributed by atoms with Gasteiger partial charge in [-0.2, -0.15) is 0 Å². The maximum Gasteiger partial charge on any atom is 0.185 e. The van der Waals surface area contributed by atoms with Crippen molar-refractivity contribution in [3.05, 3.63) is 29.6 Å². The van der Waals surface area contributed by atoms with Gasteiger partial charge in [0.25, 0.3) is 0 Å². The number of unbranched alkanes of at least 4 members (excludes halogenated alkanes) is 3. The van der Waals surface area contributed by atoms with E-state index in [1.165, 1.54) is 38.5 Å². The first-order valence-electron chi connectivity index (χ1n) is 11.7. The molecule has 0 aliphatic carbocycles. The summed E-state index contributed by atoms with van der Waals surface area (Å²) >= 11 is 0. The molecule has 0 radical (unpaired) electrons. The maximum atomic E-state index is 5.97. The summed E-state index contributed by atoms with van der Waals surface area (Å²) in [5.41, 5.74) is 2.17. The number of hydrogen-bond donors (Lipinski definition) is 0. The Bertz CT molecular complexity index is 549. The van der Waals surface area contributed by atoms with Crippen LogP contribution in [0.1, 0.15) is 82.8 Å². The molecule has 0 bridgehead atoms. The van der Waals surface area contributed by atoms with Crippen molar-refractivity contribution in [1.82, 2.24) is 4.98 Å². The highest BCUT2D eigenvalue weighted by Crippen LogP contribution is 2.28. The third-order valence-electron chi connectivity index (χ3n) is 5.94. The fraction of sp³-hybridized carbons (Fsp3) is 0.792. The number of rotatable bonds is 11. The SMILES string of the molecule is CCCCCc1ccc(C2OCC(CCC3OCC(CCCC)CO3)CO2)cn1. The number of aryl methyl sites for hydroxylation is 1. The molecular weight excluding hydrogens is 366 g/mol. The molecule has 29 heavy (non-hydrogen) atoms. The van der Waals surface area contributed by atoms with Gasteiger partial charge in [0.1, 0.15) is 0 Å². The molecule has 0 aromatic carbocycles. The molecular formula is C24H39NO4. The van der Waals surface area contributed by atoms with Crippen LogP contribution in [-0.2, 0) is 25.4 Å². The lowest BCUT2D eigenvalue weighted by Gasteiger charge is -2.32. The molecule has 1 aromatic rings. The van der Waals surface area contributed by atoms with Crippen molar-refractivity contribution in [1.29, 1.82) is 0 Å². The van der Waals surface area contributed by atoms with E-state index in [1.807, 2.05) is 6.20 Å². The Balaban J connectivity index is 1.31. The van der Waals surface area contributed by atoms with Gasteiger partial charge in [-0.05, 0) is 38.2 Å². The van der Waals surface area contributed by atoms with Gasteiger partial charge in [-0.15, -0.1) is 0 Å². The van der Waals surface area contributed by atoms with Crippen LogP contribution >= 0.6 is 0 Å². The Hall–Kier alpha value is -1.01. The molecule has 3 rings (SSSR count). The van der Waals surface area contributed by atoms with Gasteiger partial charge in [-0.1, -0.05) is 45.6 Å². The number of nitrogens with zero attached hydrogens (tertiary/aromatic N) is 1. The average Bonchev–Trinajstić information content (AvgIpc) is 2.78. The normalized spacial score (nSPS) is 27.8. The Morgan fingerprint density at radius 1 is 0.793 bits per heavy atom. The number of pyridine rings is 1. The third-order valence-corrected chi connectivity index (χ3v) is 5.94. The summed E-state index contributed by atoms with van der Waals surface area (Å²) < 4.78 is 23.8. The highest BCUT2D eigenvalue weighted by molar-refractivity contribution is 5.15. The van der Waals surface area contributed by atoms with Gasteiger partial charge in [-0.3, -0.25) is 4.98 Å². The molecule has 1 aromatic heterocycles.